The Hall–Kier alpha value is -1.39. The molecule has 0 amide bonds. The number of hydrogen-bond acceptors (Lipinski definition) is 3. The maximum absolute atomic E-state index is 11.3. The van der Waals surface area contributed by atoms with Gasteiger partial charge in [-0.15, -0.1) is 11.3 Å². The highest BCUT2D eigenvalue weighted by Gasteiger charge is 2.34. The summed E-state index contributed by atoms with van der Waals surface area (Å²) in [6.45, 7) is 5.24. The van der Waals surface area contributed by atoms with Crippen molar-refractivity contribution in [3.63, 3.8) is 0 Å². The van der Waals surface area contributed by atoms with Gasteiger partial charge in [0.1, 0.15) is 10.4 Å². The molecule has 0 unspecified atom stereocenters. The number of aliphatic carboxylic acids is 1. The van der Waals surface area contributed by atoms with Crippen LogP contribution in [0.4, 0.5) is 0 Å². The summed E-state index contributed by atoms with van der Waals surface area (Å²) in [5.41, 5.74) is 0.588. The van der Waals surface area contributed by atoms with Crippen LogP contribution < -0.4 is 0 Å². The fourth-order valence-electron chi connectivity index (χ4n) is 1.79. The summed E-state index contributed by atoms with van der Waals surface area (Å²) in [6, 6.07) is 7.38. The van der Waals surface area contributed by atoms with Crippen molar-refractivity contribution in [2.75, 3.05) is 0 Å². The third-order valence-corrected chi connectivity index (χ3v) is 4.29. The number of hydrogen-bond donors (Lipinski definition) is 1. The standard InChI is InChI=1S/C14H14ClNO2S/c1-8-11(14(2,3)13(17)18)16-12(19-8)9-4-6-10(15)7-5-9/h4-7H,1-3H3,(H,17,18). The second kappa shape index (κ2) is 4.94. The van der Waals surface area contributed by atoms with Gasteiger partial charge in [-0.05, 0) is 32.9 Å². The fourth-order valence-corrected chi connectivity index (χ4v) is 3.00. The quantitative estimate of drug-likeness (QED) is 0.926. The van der Waals surface area contributed by atoms with Gasteiger partial charge in [-0.25, -0.2) is 4.98 Å². The van der Waals surface area contributed by atoms with E-state index in [4.69, 9.17) is 11.6 Å². The van der Waals surface area contributed by atoms with E-state index in [9.17, 15) is 9.90 Å². The molecule has 0 radical (unpaired) electrons. The van der Waals surface area contributed by atoms with Gasteiger partial charge in [0.25, 0.3) is 0 Å². The molecule has 1 N–H and O–H groups in total. The Morgan fingerprint density at radius 1 is 1.32 bits per heavy atom. The Bertz CT molecular complexity index is 617. The molecule has 19 heavy (non-hydrogen) atoms. The number of benzene rings is 1. The monoisotopic (exact) mass is 295 g/mol. The molecule has 2 rings (SSSR count). The van der Waals surface area contributed by atoms with Gasteiger partial charge in [0.15, 0.2) is 0 Å². The van der Waals surface area contributed by atoms with Crippen LogP contribution in [0.2, 0.25) is 5.02 Å². The topological polar surface area (TPSA) is 50.2 Å². The summed E-state index contributed by atoms with van der Waals surface area (Å²) in [5, 5.41) is 10.8. The Morgan fingerprint density at radius 2 is 1.89 bits per heavy atom. The summed E-state index contributed by atoms with van der Waals surface area (Å²) in [4.78, 5) is 16.7. The van der Waals surface area contributed by atoms with Crippen molar-refractivity contribution in [2.45, 2.75) is 26.2 Å². The number of thiazole rings is 1. The van der Waals surface area contributed by atoms with Crippen LogP contribution in [-0.2, 0) is 10.2 Å². The van der Waals surface area contributed by atoms with Crippen LogP contribution in [0, 0.1) is 6.92 Å². The van der Waals surface area contributed by atoms with Gasteiger partial charge in [-0.1, -0.05) is 23.7 Å². The Morgan fingerprint density at radius 3 is 2.42 bits per heavy atom. The smallest absolute Gasteiger partial charge is 0.315 e. The first-order chi connectivity index (χ1) is 8.82. The van der Waals surface area contributed by atoms with Crippen LogP contribution in [0.1, 0.15) is 24.4 Å². The van der Waals surface area contributed by atoms with Gasteiger partial charge in [0.2, 0.25) is 0 Å². The van der Waals surface area contributed by atoms with E-state index in [0.29, 0.717) is 10.7 Å². The van der Waals surface area contributed by atoms with Gasteiger partial charge in [0, 0.05) is 15.5 Å². The van der Waals surface area contributed by atoms with E-state index in [0.717, 1.165) is 15.4 Å². The van der Waals surface area contributed by atoms with Gasteiger partial charge in [-0.2, -0.15) is 0 Å². The molecule has 0 atom stereocenters. The second-order valence-corrected chi connectivity index (χ2v) is 6.50. The van der Waals surface area contributed by atoms with Crippen molar-refractivity contribution < 1.29 is 9.90 Å². The number of nitrogens with zero attached hydrogens (tertiary/aromatic N) is 1. The highest BCUT2D eigenvalue weighted by molar-refractivity contribution is 7.15. The van der Waals surface area contributed by atoms with Gasteiger partial charge < -0.3 is 5.11 Å². The van der Waals surface area contributed by atoms with E-state index in [1.54, 1.807) is 26.0 Å². The first kappa shape index (κ1) is 14.0. The lowest BCUT2D eigenvalue weighted by Gasteiger charge is -2.17. The second-order valence-electron chi connectivity index (χ2n) is 4.86. The minimum absolute atomic E-state index is 0.620. The Kier molecular flexibility index (Phi) is 3.65. The van der Waals surface area contributed by atoms with Crippen LogP contribution in [0.25, 0.3) is 10.6 Å². The Labute approximate surface area is 120 Å². The first-order valence-corrected chi connectivity index (χ1v) is 6.99. The normalized spacial score (nSPS) is 11.6. The minimum atomic E-state index is -0.981. The van der Waals surface area contributed by atoms with Crippen molar-refractivity contribution in [3.8, 4) is 10.6 Å². The van der Waals surface area contributed by atoms with Crippen molar-refractivity contribution in [3.05, 3.63) is 39.9 Å². The van der Waals surface area contributed by atoms with E-state index in [1.165, 1.54) is 11.3 Å². The molecule has 1 aromatic heterocycles. The third-order valence-electron chi connectivity index (χ3n) is 3.01. The SMILES string of the molecule is Cc1sc(-c2ccc(Cl)cc2)nc1C(C)(C)C(=O)O. The zero-order valence-corrected chi connectivity index (χ0v) is 12.5. The maximum Gasteiger partial charge on any atom is 0.315 e. The van der Waals surface area contributed by atoms with Crippen molar-refractivity contribution in [2.24, 2.45) is 0 Å². The first-order valence-electron chi connectivity index (χ1n) is 5.79. The summed E-state index contributed by atoms with van der Waals surface area (Å²) in [6.07, 6.45) is 0. The molecule has 0 spiro atoms. The molecule has 0 aliphatic rings. The third kappa shape index (κ3) is 2.65. The molecule has 3 nitrogen and oxygen atoms in total. The molecule has 2 aromatic rings. The summed E-state index contributed by atoms with van der Waals surface area (Å²) < 4.78 is 0. The highest BCUT2D eigenvalue weighted by Crippen LogP contribution is 2.34. The molecule has 0 aliphatic carbocycles. The zero-order valence-electron chi connectivity index (χ0n) is 10.9. The van der Waals surface area contributed by atoms with E-state index in [1.807, 2.05) is 19.1 Å². The van der Waals surface area contributed by atoms with Crippen LogP contribution in [0.3, 0.4) is 0 Å². The van der Waals surface area contributed by atoms with Gasteiger partial charge >= 0.3 is 5.97 Å². The maximum atomic E-state index is 11.3. The molecule has 0 saturated carbocycles. The minimum Gasteiger partial charge on any atom is -0.481 e. The van der Waals surface area contributed by atoms with Crippen molar-refractivity contribution >= 4 is 28.9 Å². The lowest BCUT2D eigenvalue weighted by molar-refractivity contribution is -0.142. The lowest BCUT2D eigenvalue weighted by Crippen LogP contribution is -2.29. The fraction of sp³-hybridized carbons (Fsp3) is 0.286. The van der Waals surface area contributed by atoms with Crippen molar-refractivity contribution in [1.82, 2.24) is 4.98 Å². The van der Waals surface area contributed by atoms with Gasteiger partial charge in [0.05, 0.1) is 5.69 Å². The van der Waals surface area contributed by atoms with Crippen LogP contribution in [0.5, 0.6) is 0 Å². The van der Waals surface area contributed by atoms with E-state index >= 15 is 0 Å². The average molecular weight is 296 g/mol. The predicted molar refractivity (Wildman–Crippen MR) is 78.0 cm³/mol. The van der Waals surface area contributed by atoms with Crippen LogP contribution in [0.15, 0.2) is 24.3 Å². The number of halogens is 1. The molecular formula is C14H14ClNO2S. The number of carboxylic acids is 1. The lowest BCUT2D eigenvalue weighted by atomic mass is 9.89. The number of rotatable bonds is 3. The molecule has 0 aliphatic heterocycles. The van der Waals surface area contributed by atoms with E-state index < -0.39 is 11.4 Å². The summed E-state index contributed by atoms with van der Waals surface area (Å²) in [7, 11) is 0. The summed E-state index contributed by atoms with van der Waals surface area (Å²) in [5.74, 6) is -0.872. The zero-order chi connectivity index (χ0) is 14.2. The molecule has 100 valence electrons. The van der Waals surface area contributed by atoms with Crippen LogP contribution in [-0.4, -0.2) is 16.1 Å². The van der Waals surface area contributed by atoms with Crippen molar-refractivity contribution in [1.29, 1.82) is 0 Å². The van der Waals surface area contributed by atoms with E-state index in [-0.39, 0.29) is 0 Å². The molecule has 1 aromatic carbocycles. The highest BCUT2D eigenvalue weighted by atomic mass is 35.5. The summed E-state index contributed by atoms with van der Waals surface area (Å²) >= 11 is 7.36. The molecule has 0 bridgehead atoms. The van der Waals surface area contributed by atoms with E-state index in [2.05, 4.69) is 4.98 Å². The molecule has 1 heterocycles. The number of carboxylic acid groups (broad SMARTS) is 1. The molecule has 5 heteroatoms. The number of aromatic nitrogens is 1. The molecule has 0 saturated heterocycles. The molecular weight excluding hydrogens is 282 g/mol. The van der Waals surface area contributed by atoms with Gasteiger partial charge in [-0.3, -0.25) is 4.79 Å². The van der Waals surface area contributed by atoms with Crippen LogP contribution >= 0.6 is 22.9 Å². The number of carbonyl (C=O) groups is 1. The largest absolute Gasteiger partial charge is 0.481 e. The predicted octanol–water partition coefficient (Wildman–Crippen LogP) is 4.13. The molecule has 0 fully saturated rings. The Balaban J connectivity index is 2.47. The average Bonchev–Trinajstić information content (AvgIpc) is 2.72. The number of aryl methyl sites for hydroxylation is 1.